The van der Waals surface area contributed by atoms with E-state index in [0.29, 0.717) is 17.3 Å². The quantitative estimate of drug-likeness (QED) is 0.687. The molecule has 26 heavy (non-hydrogen) atoms. The highest BCUT2D eigenvalue weighted by molar-refractivity contribution is 5.91. The van der Waals surface area contributed by atoms with E-state index < -0.39 is 0 Å². The zero-order valence-electron chi connectivity index (χ0n) is 14.8. The Hall–Kier alpha value is -3.21. The lowest BCUT2D eigenvalue weighted by Crippen LogP contribution is -2.26. The van der Waals surface area contributed by atoms with E-state index in [1.807, 2.05) is 61.5 Å². The summed E-state index contributed by atoms with van der Waals surface area (Å²) < 4.78 is 16.5. The van der Waals surface area contributed by atoms with Crippen LogP contribution in [0.4, 0.5) is 0 Å². The number of amides is 1. The van der Waals surface area contributed by atoms with Gasteiger partial charge in [0.1, 0.15) is 12.4 Å². The number of para-hydroxylation sites is 2. The minimum atomic E-state index is -0.259. The number of carbonyl (C=O) groups is 1. The van der Waals surface area contributed by atoms with Crippen molar-refractivity contribution in [3.63, 3.8) is 0 Å². The van der Waals surface area contributed by atoms with Crippen LogP contribution in [0.5, 0.6) is 11.5 Å². The van der Waals surface area contributed by atoms with E-state index in [1.54, 1.807) is 19.2 Å². The molecule has 0 radical (unpaired) electrons. The lowest BCUT2D eigenvalue weighted by atomic mass is 10.1. The number of hydrogen-bond acceptors (Lipinski definition) is 4. The molecule has 0 aliphatic rings. The van der Waals surface area contributed by atoms with E-state index in [0.717, 1.165) is 5.56 Å². The van der Waals surface area contributed by atoms with Crippen molar-refractivity contribution in [2.75, 3.05) is 7.11 Å². The molecule has 5 heteroatoms. The third kappa shape index (κ3) is 4.25. The Morgan fingerprint density at radius 2 is 1.69 bits per heavy atom. The zero-order valence-corrected chi connectivity index (χ0v) is 14.8. The molecule has 0 unspecified atom stereocenters. The maximum absolute atomic E-state index is 12.4. The summed E-state index contributed by atoms with van der Waals surface area (Å²) in [5.41, 5.74) is 1.03. The summed E-state index contributed by atoms with van der Waals surface area (Å²) >= 11 is 0. The molecule has 1 atom stereocenters. The van der Waals surface area contributed by atoms with Crippen molar-refractivity contribution in [2.45, 2.75) is 19.6 Å². The van der Waals surface area contributed by atoms with Crippen LogP contribution in [0.25, 0.3) is 0 Å². The van der Waals surface area contributed by atoms with Crippen LogP contribution in [-0.2, 0) is 6.61 Å². The Balaban J connectivity index is 1.59. The highest BCUT2D eigenvalue weighted by Gasteiger charge is 2.15. The minimum absolute atomic E-state index is 0.109. The minimum Gasteiger partial charge on any atom is -0.493 e. The standard InChI is InChI=1S/C21H21NO4/c1-15(16-8-4-3-5-9-16)22-21(23)20-13-12-17(26-20)14-25-19-11-7-6-10-18(19)24-2/h3-13,15H,14H2,1-2H3,(H,22,23)/t15-/m1/s1. The maximum atomic E-state index is 12.4. The highest BCUT2D eigenvalue weighted by atomic mass is 16.5. The van der Waals surface area contributed by atoms with Gasteiger partial charge in [-0.25, -0.2) is 0 Å². The van der Waals surface area contributed by atoms with Gasteiger partial charge in [0, 0.05) is 0 Å². The number of methoxy groups -OCH3 is 1. The molecule has 1 N–H and O–H groups in total. The normalized spacial score (nSPS) is 11.6. The van der Waals surface area contributed by atoms with Crippen LogP contribution in [0, 0.1) is 0 Å². The zero-order chi connectivity index (χ0) is 18.4. The molecule has 2 aromatic carbocycles. The van der Waals surface area contributed by atoms with Crippen LogP contribution in [-0.4, -0.2) is 13.0 Å². The summed E-state index contributed by atoms with van der Waals surface area (Å²) in [6.45, 7) is 2.14. The molecule has 0 aliphatic carbocycles. The van der Waals surface area contributed by atoms with Gasteiger partial charge in [0.15, 0.2) is 17.3 Å². The first-order valence-electron chi connectivity index (χ1n) is 8.37. The molecule has 1 heterocycles. The molecule has 0 fully saturated rings. The van der Waals surface area contributed by atoms with Gasteiger partial charge in [-0.3, -0.25) is 4.79 Å². The van der Waals surface area contributed by atoms with E-state index in [1.165, 1.54) is 0 Å². The fraction of sp³-hybridized carbons (Fsp3) is 0.190. The van der Waals surface area contributed by atoms with Crippen molar-refractivity contribution in [1.82, 2.24) is 5.32 Å². The van der Waals surface area contributed by atoms with Crippen molar-refractivity contribution < 1.29 is 18.7 Å². The highest BCUT2D eigenvalue weighted by Crippen LogP contribution is 2.26. The van der Waals surface area contributed by atoms with Gasteiger partial charge in [0.2, 0.25) is 0 Å². The van der Waals surface area contributed by atoms with E-state index in [2.05, 4.69) is 5.32 Å². The van der Waals surface area contributed by atoms with E-state index in [9.17, 15) is 4.79 Å². The van der Waals surface area contributed by atoms with Crippen molar-refractivity contribution in [2.24, 2.45) is 0 Å². The molecule has 3 aromatic rings. The van der Waals surface area contributed by atoms with Gasteiger partial charge >= 0.3 is 0 Å². The van der Waals surface area contributed by atoms with Crippen LogP contribution in [0.2, 0.25) is 0 Å². The second-order valence-electron chi connectivity index (χ2n) is 5.81. The van der Waals surface area contributed by atoms with Gasteiger partial charge in [-0.15, -0.1) is 0 Å². The van der Waals surface area contributed by atoms with Crippen LogP contribution in [0.15, 0.2) is 71.1 Å². The summed E-state index contributed by atoms with van der Waals surface area (Å²) in [5, 5.41) is 2.92. The molecular weight excluding hydrogens is 330 g/mol. The Labute approximate surface area is 152 Å². The molecular formula is C21H21NO4. The summed E-state index contributed by atoms with van der Waals surface area (Å²) in [6, 6.07) is 20.4. The summed E-state index contributed by atoms with van der Waals surface area (Å²) in [6.07, 6.45) is 0. The Morgan fingerprint density at radius 3 is 2.42 bits per heavy atom. The van der Waals surface area contributed by atoms with Crippen LogP contribution >= 0.6 is 0 Å². The van der Waals surface area contributed by atoms with E-state index in [4.69, 9.17) is 13.9 Å². The van der Waals surface area contributed by atoms with Crippen LogP contribution < -0.4 is 14.8 Å². The summed E-state index contributed by atoms with van der Waals surface area (Å²) in [7, 11) is 1.59. The van der Waals surface area contributed by atoms with Crippen molar-refractivity contribution in [3.05, 3.63) is 83.8 Å². The SMILES string of the molecule is COc1ccccc1OCc1ccc(C(=O)N[C@H](C)c2ccccc2)o1. The van der Waals surface area contributed by atoms with Crippen LogP contribution in [0.1, 0.15) is 34.8 Å². The van der Waals surface area contributed by atoms with E-state index >= 15 is 0 Å². The smallest absolute Gasteiger partial charge is 0.287 e. The molecule has 134 valence electrons. The Morgan fingerprint density at radius 1 is 1.00 bits per heavy atom. The monoisotopic (exact) mass is 351 g/mol. The van der Waals surface area contributed by atoms with Crippen LogP contribution in [0.3, 0.4) is 0 Å². The van der Waals surface area contributed by atoms with Crippen molar-refractivity contribution in [3.8, 4) is 11.5 Å². The first-order chi connectivity index (χ1) is 12.7. The Bertz CT molecular complexity index is 857. The lowest BCUT2D eigenvalue weighted by Gasteiger charge is -2.13. The molecule has 3 rings (SSSR count). The number of hydrogen-bond donors (Lipinski definition) is 1. The lowest BCUT2D eigenvalue weighted by molar-refractivity contribution is 0.0907. The molecule has 0 spiro atoms. The number of nitrogens with one attached hydrogen (secondary N) is 1. The molecule has 1 aromatic heterocycles. The number of carbonyl (C=O) groups excluding carboxylic acids is 1. The predicted molar refractivity (Wildman–Crippen MR) is 98.4 cm³/mol. The molecule has 0 aliphatic heterocycles. The third-order valence-corrected chi connectivity index (χ3v) is 3.97. The number of benzene rings is 2. The average Bonchev–Trinajstić information content (AvgIpc) is 3.16. The third-order valence-electron chi connectivity index (χ3n) is 3.97. The van der Waals surface area contributed by atoms with Gasteiger partial charge in [-0.2, -0.15) is 0 Å². The number of rotatable bonds is 7. The van der Waals surface area contributed by atoms with Gasteiger partial charge in [-0.1, -0.05) is 42.5 Å². The van der Waals surface area contributed by atoms with Gasteiger partial charge in [0.25, 0.3) is 5.91 Å². The molecule has 0 saturated carbocycles. The molecule has 0 bridgehead atoms. The second-order valence-corrected chi connectivity index (χ2v) is 5.81. The fourth-order valence-corrected chi connectivity index (χ4v) is 2.56. The number of ether oxygens (including phenoxy) is 2. The van der Waals surface area contributed by atoms with Gasteiger partial charge in [-0.05, 0) is 36.8 Å². The topological polar surface area (TPSA) is 60.7 Å². The summed E-state index contributed by atoms with van der Waals surface area (Å²) in [5.74, 6) is 1.83. The van der Waals surface area contributed by atoms with Crippen molar-refractivity contribution in [1.29, 1.82) is 0 Å². The molecule has 0 saturated heterocycles. The van der Waals surface area contributed by atoms with Gasteiger partial charge in [0.05, 0.1) is 13.2 Å². The molecule has 1 amide bonds. The first kappa shape index (κ1) is 17.6. The summed E-state index contributed by atoms with van der Waals surface area (Å²) in [4.78, 5) is 12.4. The largest absolute Gasteiger partial charge is 0.493 e. The second kappa shape index (κ2) is 8.25. The predicted octanol–water partition coefficient (Wildman–Crippen LogP) is 4.36. The van der Waals surface area contributed by atoms with E-state index in [-0.39, 0.29) is 24.3 Å². The average molecular weight is 351 g/mol. The molecule has 5 nitrogen and oxygen atoms in total. The van der Waals surface area contributed by atoms with Gasteiger partial charge < -0.3 is 19.2 Å². The van der Waals surface area contributed by atoms with Crippen molar-refractivity contribution >= 4 is 5.91 Å². The maximum Gasteiger partial charge on any atom is 0.287 e. The first-order valence-corrected chi connectivity index (χ1v) is 8.37. The fourth-order valence-electron chi connectivity index (χ4n) is 2.56. The Kier molecular flexibility index (Phi) is 5.59. The number of furan rings is 1.